The molecule has 0 bridgehead atoms. The van der Waals surface area contributed by atoms with E-state index in [4.69, 9.17) is 11.6 Å². The molecule has 1 saturated heterocycles. The number of carbonyl (C=O) groups excluding carboxylic acids is 2. The summed E-state index contributed by atoms with van der Waals surface area (Å²) in [7, 11) is 0. The molecular weight excluding hydrogens is 392 g/mol. The molecule has 1 N–H and O–H groups in total. The number of benzene rings is 1. The Hall–Kier alpha value is -3.13. The van der Waals surface area contributed by atoms with Gasteiger partial charge in [0.2, 0.25) is 5.84 Å². The fourth-order valence-corrected chi connectivity index (χ4v) is 3.39. The fraction of sp³-hybridized carbons (Fsp3) is 0.300. The second kappa shape index (κ2) is 8.08. The number of amidine groups is 1. The number of pyridine rings is 1. The number of aromatic nitrogens is 1. The van der Waals surface area contributed by atoms with E-state index in [1.54, 1.807) is 17.2 Å². The number of nitrogens with one attached hydrogen (secondary N) is 1. The van der Waals surface area contributed by atoms with Crippen molar-refractivity contribution in [2.45, 2.75) is 6.92 Å². The van der Waals surface area contributed by atoms with Gasteiger partial charge in [-0.25, -0.2) is 9.99 Å². The molecule has 1 aromatic heterocycles. The fourth-order valence-electron chi connectivity index (χ4n) is 3.28. The van der Waals surface area contributed by atoms with Crippen LogP contribution in [0.3, 0.4) is 0 Å². The zero-order valence-electron chi connectivity index (χ0n) is 16.0. The standard InChI is InChI=1S/C20H21ClN6O2/c1-14-2-5-16(6-3-14)27-18(28)13-23-19(24-27)20(29)26-10-8-25(9-11-26)17-7-4-15(21)12-22-17/h2-7,12H,8-11,13H2,1H3,(H,23,24). The molecule has 0 aliphatic carbocycles. The molecule has 0 radical (unpaired) electrons. The van der Waals surface area contributed by atoms with Gasteiger partial charge in [0.15, 0.2) is 0 Å². The maximum Gasteiger partial charge on any atom is 0.290 e. The minimum Gasteiger partial charge on any atom is -0.353 e. The summed E-state index contributed by atoms with van der Waals surface area (Å²) >= 11 is 5.89. The molecular formula is C20H21ClN6O2. The van der Waals surface area contributed by atoms with Crippen LogP contribution in [0.2, 0.25) is 5.02 Å². The van der Waals surface area contributed by atoms with Gasteiger partial charge in [-0.3, -0.25) is 20.0 Å². The van der Waals surface area contributed by atoms with Crippen molar-refractivity contribution in [3.8, 4) is 0 Å². The third-order valence-corrected chi connectivity index (χ3v) is 5.16. The summed E-state index contributed by atoms with van der Waals surface area (Å²) < 4.78 is 0. The van der Waals surface area contributed by atoms with Gasteiger partial charge >= 0.3 is 0 Å². The number of carbonyl (C=O) groups is 2. The molecule has 0 spiro atoms. The molecule has 29 heavy (non-hydrogen) atoms. The van der Waals surface area contributed by atoms with Crippen LogP contribution in [-0.4, -0.2) is 60.3 Å². The summed E-state index contributed by atoms with van der Waals surface area (Å²) in [5, 5.41) is 1.98. The largest absolute Gasteiger partial charge is 0.353 e. The van der Waals surface area contributed by atoms with Crippen LogP contribution in [0.25, 0.3) is 0 Å². The van der Waals surface area contributed by atoms with Gasteiger partial charge in [0, 0.05) is 32.4 Å². The van der Waals surface area contributed by atoms with Crippen molar-refractivity contribution in [2.24, 2.45) is 4.99 Å². The Bertz CT molecular complexity index is 936. The van der Waals surface area contributed by atoms with E-state index in [0.29, 0.717) is 36.9 Å². The quantitative estimate of drug-likeness (QED) is 0.828. The first-order valence-electron chi connectivity index (χ1n) is 9.38. The zero-order chi connectivity index (χ0) is 20.4. The first-order valence-corrected chi connectivity index (χ1v) is 9.75. The highest BCUT2D eigenvalue weighted by molar-refractivity contribution is 6.39. The van der Waals surface area contributed by atoms with Gasteiger partial charge in [0.1, 0.15) is 12.4 Å². The van der Waals surface area contributed by atoms with Crippen molar-refractivity contribution in [1.29, 1.82) is 0 Å². The molecule has 3 heterocycles. The number of hydrazine groups is 1. The SMILES string of the molecule is Cc1ccc(N2NC(C(=O)N3CCN(c4ccc(Cl)cn4)CC3)=NCC2=O)cc1. The summed E-state index contributed by atoms with van der Waals surface area (Å²) in [4.78, 5) is 37.5. The molecule has 0 atom stereocenters. The van der Waals surface area contributed by atoms with E-state index in [0.717, 1.165) is 11.4 Å². The van der Waals surface area contributed by atoms with E-state index in [-0.39, 0.29) is 24.2 Å². The first kappa shape index (κ1) is 19.2. The molecule has 0 saturated carbocycles. The van der Waals surface area contributed by atoms with Crippen molar-refractivity contribution < 1.29 is 9.59 Å². The Morgan fingerprint density at radius 3 is 2.45 bits per heavy atom. The number of hydrogen-bond acceptors (Lipinski definition) is 6. The normalized spacial score (nSPS) is 17.1. The van der Waals surface area contributed by atoms with Crippen molar-refractivity contribution in [3.05, 3.63) is 53.2 Å². The first-order chi connectivity index (χ1) is 14.0. The number of aryl methyl sites for hydroxylation is 1. The number of amides is 2. The van der Waals surface area contributed by atoms with Crippen molar-refractivity contribution in [1.82, 2.24) is 15.3 Å². The summed E-state index contributed by atoms with van der Waals surface area (Å²) in [6.45, 7) is 4.33. The van der Waals surface area contributed by atoms with E-state index < -0.39 is 0 Å². The molecule has 2 aromatic rings. The van der Waals surface area contributed by atoms with Gasteiger partial charge in [-0.2, -0.15) is 0 Å². The van der Waals surface area contributed by atoms with Gasteiger partial charge in [-0.1, -0.05) is 29.3 Å². The Labute approximate surface area is 173 Å². The number of piperazine rings is 1. The van der Waals surface area contributed by atoms with Crippen LogP contribution < -0.4 is 15.3 Å². The number of rotatable bonds is 3. The summed E-state index contributed by atoms with van der Waals surface area (Å²) in [5.41, 5.74) is 4.66. The highest BCUT2D eigenvalue weighted by Crippen LogP contribution is 2.18. The summed E-state index contributed by atoms with van der Waals surface area (Å²) in [5.74, 6) is 0.608. The van der Waals surface area contributed by atoms with E-state index in [9.17, 15) is 9.59 Å². The summed E-state index contributed by atoms with van der Waals surface area (Å²) in [6.07, 6.45) is 1.62. The predicted molar refractivity (Wildman–Crippen MR) is 112 cm³/mol. The van der Waals surface area contributed by atoms with Gasteiger partial charge in [0.05, 0.1) is 10.7 Å². The van der Waals surface area contributed by atoms with Crippen molar-refractivity contribution in [2.75, 3.05) is 42.6 Å². The van der Waals surface area contributed by atoms with Crippen molar-refractivity contribution in [3.63, 3.8) is 0 Å². The molecule has 9 heteroatoms. The third-order valence-electron chi connectivity index (χ3n) is 4.94. The number of anilines is 2. The highest BCUT2D eigenvalue weighted by atomic mass is 35.5. The minimum atomic E-state index is -0.210. The lowest BCUT2D eigenvalue weighted by atomic mass is 10.2. The van der Waals surface area contributed by atoms with Crippen LogP contribution in [-0.2, 0) is 9.59 Å². The van der Waals surface area contributed by atoms with Crippen LogP contribution in [0.4, 0.5) is 11.5 Å². The Morgan fingerprint density at radius 2 is 1.79 bits per heavy atom. The molecule has 2 amide bonds. The third kappa shape index (κ3) is 4.17. The maximum atomic E-state index is 12.9. The topological polar surface area (TPSA) is 81.1 Å². The average molecular weight is 413 g/mol. The molecule has 1 aromatic carbocycles. The van der Waals surface area contributed by atoms with E-state index in [1.165, 1.54) is 5.01 Å². The molecule has 8 nitrogen and oxygen atoms in total. The molecule has 0 unspecified atom stereocenters. The van der Waals surface area contributed by atoms with Crippen LogP contribution >= 0.6 is 11.6 Å². The monoisotopic (exact) mass is 412 g/mol. The van der Waals surface area contributed by atoms with Gasteiger partial charge in [0.25, 0.3) is 11.8 Å². The van der Waals surface area contributed by atoms with E-state index >= 15 is 0 Å². The van der Waals surface area contributed by atoms with Crippen LogP contribution in [0.5, 0.6) is 0 Å². The lowest BCUT2D eigenvalue weighted by Crippen LogP contribution is -2.58. The number of halogens is 1. The maximum absolute atomic E-state index is 12.9. The lowest BCUT2D eigenvalue weighted by molar-refractivity contribution is -0.124. The zero-order valence-corrected chi connectivity index (χ0v) is 16.8. The second-order valence-electron chi connectivity index (χ2n) is 6.96. The second-order valence-corrected chi connectivity index (χ2v) is 7.39. The lowest BCUT2D eigenvalue weighted by Gasteiger charge is -2.36. The Balaban J connectivity index is 1.40. The predicted octanol–water partition coefficient (Wildman–Crippen LogP) is 1.64. The smallest absolute Gasteiger partial charge is 0.290 e. The van der Waals surface area contributed by atoms with Gasteiger partial charge in [-0.05, 0) is 31.2 Å². The Morgan fingerprint density at radius 1 is 1.07 bits per heavy atom. The van der Waals surface area contributed by atoms with Gasteiger partial charge in [-0.15, -0.1) is 0 Å². The van der Waals surface area contributed by atoms with Crippen molar-refractivity contribution >= 4 is 40.8 Å². The Kier molecular flexibility index (Phi) is 5.35. The number of aliphatic imine (C=N–C) groups is 1. The minimum absolute atomic E-state index is 0.0589. The van der Waals surface area contributed by atoms with Crippen LogP contribution in [0, 0.1) is 6.92 Å². The molecule has 1 fully saturated rings. The number of nitrogens with zero attached hydrogens (tertiary/aromatic N) is 5. The van der Waals surface area contributed by atoms with E-state index in [1.807, 2.05) is 37.3 Å². The molecule has 4 rings (SSSR count). The number of hydrogen-bond donors (Lipinski definition) is 1. The highest BCUT2D eigenvalue weighted by Gasteiger charge is 2.30. The molecule has 2 aliphatic rings. The van der Waals surface area contributed by atoms with Crippen LogP contribution in [0.15, 0.2) is 47.6 Å². The van der Waals surface area contributed by atoms with E-state index in [2.05, 4.69) is 20.3 Å². The van der Waals surface area contributed by atoms with Crippen LogP contribution in [0.1, 0.15) is 5.56 Å². The average Bonchev–Trinajstić information content (AvgIpc) is 2.75. The molecule has 2 aliphatic heterocycles. The molecule has 150 valence electrons. The van der Waals surface area contributed by atoms with Gasteiger partial charge < -0.3 is 9.80 Å². The summed E-state index contributed by atoms with van der Waals surface area (Å²) in [6, 6.07) is 11.2.